The van der Waals surface area contributed by atoms with Crippen LogP contribution in [-0.4, -0.2) is 5.78 Å². The molecule has 1 aromatic rings. The third-order valence-electron chi connectivity index (χ3n) is 3.78. The van der Waals surface area contributed by atoms with Crippen LogP contribution in [0.1, 0.15) is 50.5 Å². The molecule has 0 aromatic heterocycles. The molecular weight excluding hydrogens is 244 g/mol. The Labute approximate surface area is 115 Å². The van der Waals surface area contributed by atoms with Gasteiger partial charge in [0.15, 0.2) is 0 Å². The minimum atomic E-state index is 0.365. The Kier molecular flexibility index (Phi) is 5.25. The van der Waals surface area contributed by atoms with Crippen molar-refractivity contribution in [3.8, 4) is 0 Å². The molecule has 0 bridgehead atoms. The Balaban J connectivity index is 1.84. The van der Waals surface area contributed by atoms with Crippen LogP contribution in [0.2, 0.25) is 5.02 Å². The van der Waals surface area contributed by atoms with Gasteiger partial charge in [-0.05, 0) is 23.6 Å². The number of ketones is 1. The molecule has 1 saturated carbocycles. The van der Waals surface area contributed by atoms with Crippen LogP contribution in [0.25, 0.3) is 0 Å². The molecule has 2 heteroatoms. The van der Waals surface area contributed by atoms with Gasteiger partial charge in [0.1, 0.15) is 5.78 Å². The van der Waals surface area contributed by atoms with E-state index in [9.17, 15) is 4.79 Å². The molecule has 0 saturated heterocycles. The number of carbonyl (C=O) groups is 1. The standard InChI is InChI=1S/C16H21ClO/c17-15-9-5-8-14(10-15)12-16(18)11-13-6-3-1-2-4-7-13/h5,8-10,13H,1-4,6-7,11-12H2. The fraction of sp³-hybridized carbons (Fsp3) is 0.562. The lowest BCUT2D eigenvalue weighted by Gasteiger charge is -2.12. The highest BCUT2D eigenvalue weighted by atomic mass is 35.5. The molecule has 1 aliphatic rings. The van der Waals surface area contributed by atoms with Gasteiger partial charge in [-0.15, -0.1) is 0 Å². The molecule has 98 valence electrons. The average Bonchev–Trinajstić information content (AvgIpc) is 2.57. The third kappa shape index (κ3) is 4.45. The van der Waals surface area contributed by atoms with Crippen LogP contribution in [0.4, 0.5) is 0 Å². The minimum absolute atomic E-state index is 0.365. The summed E-state index contributed by atoms with van der Waals surface area (Å²) < 4.78 is 0. The Morgan fingerprint density at radius 3 is 2.56 bits per heavy atom. The Morgan fingerprint density at radius 1 is 1.17 bits per heavy atom. The van der Waals surface area contributed by atoms with Gasteiger partial charge in [0.2, 0.25) is 0 Å². The van der Waals surface area contributed by atoms with E-state index in [-0.39, 0.29) is 0 Å². The quantitative estimate of drug-likeness (QED) is 0.713. The topological polar surface area (TPSA) is 17.1 Å². The van der Waals surface area contributed by atoms with Crippen molar-refractivity contribution in [1.82, 2.24) is 0 Å². The van der Waals surface area contributed by atoms with Crippen LogP contribution in [0.15, 0.2) is 24.3 Å². The van der Waals surface area contributed by atoms with E-state index in [1.54, 1.807) is 0 Å². The van der Waals surface area contributed by atoms with Gasteiger partial charge in [-0.2, -0.15) is 0 Å². The first kappa shape index (κ1) is 13.6. The second kappa shape index (κ2) is 6.94. The van der Waals surface area contributed by atoms with Crippen molar-refractivity contribution < 1.29 is 4.79 Å². The maximum absolute atomic E-state index is 12.1. The molecule has 0 N–H and O–H groups in total. The van der Waals surface area contributed by atoms with Crippen LogP contribution < -0.4 is 0 Å². The van der Waals surface area contributed by atoms with E-state index in [0.29, 0.717) is 18.1 Å². The molecule has 0 radical (unpaired) electrons. The van der Waals surface area contributed by atoms with Gasteiger partial charge in [-0.1, -0.05) is 62.3 Å². The number of halogens is 1. The van der Waals surface area contributed by atoms with E-state index in [4.69, 9.17) is 11.6 Å². The summed E-state index contributed by atoms with van der Waals surface area (Å²) in [5.41, 5.74) is 1.04. The lowest BCUT2D eigenvalue weighted by atomic mass is 9.92. The molecule has 1 aliphatic carbocycles. The molecule has 0 atom stereocenters. The zero-order chi connectivity index (χ0) is 12.8. The van der Waals surface area contributed by atoms with Crippen LogP contribution in [0.3, 0.4) is 0 Å². The normalized spacial score (nSPS) is 17.4. The summed E-state index contributed by atoms with van der Waals surface area (Å²) in [7, 11) is 0. The smallest absolute Gasteiger partial charge is 0.137 e. The van der Waals surface area contributed by atoms with Gasteiger partial charge in [0.05, 0.1) is 0 Å². The highest BCUT2D eigenvalue weighted by Gasteiger charge is 2.16. The molecule has 1 nitrogen and oxygen atoms in total. The first-order valence-corrected chi connectivity index (χ1v) is 7.38. The number of Topliss-reactive ketones (excluding diaryl/α,β-unsaturated/α-hetero) is 1. The molecule has 0 amide bonds. The fourth-order valence-electron chi connectivity index (χ4n) is 2.84. The molecule has 0 unspecified atom stereocenters. The second-order valence-corrected chi connectivity index (χ2v) is 5.84. The Bertz CT molecular complexity index is 392. The number of carbonyl (C=O) groups excluding carboxylic acids is 1. The monoisotopic (exact) mass is 264 g/mol. The number of rotatable bonds is 4. The molecule has 2 rings (SSSR count). The predicted molar refractivity (Wildman–Crippen MR) is 76.0 cm³/mol. The first-order chi connectivity index (χ1) is 8.74. The van der Waals surface area contributed by atoms with E-state index in [2.05, 4.69) is 0 Å². The lowest BCUT2D eigenvalue weighted by Crippen LogP contribution is -2.10. The molecule has 0 aliphatic heterocycles. The summed E-state index contributed by atoms with van der Waals surface area (Å²) in [6.07, 6.45) is 9.06. The fourth-order valence-corrected chi connectivity index (χ4v) is 3.05. The summed E-state index contributed by atoms with van der Waals surface area (Å²) in [6.45, 7) is 0. The number of benzene rings is 1. The van der Waals surface area contributed by atoms with Crippen molar-refractivity contribution in [3.05, 3.63) is 34.9 Å². The summed E-state index contributed by atoms with van der Waals surface area (Å²) in [4.78, 5) is 12.1. The maximum atomic E-state index is 12.1. The van der Waals surface area contributed by atoms with Gasteiger partial charge in [0.25, 0.3) is 0 Å². The number of hydrogen-bond acceptors (Lipinski definition) is 1. The Morgan fingerprint density at radius 2 is 1.89 bits per heavy atom. The zero-order valence-corrected chi connectivity index (χ0v) is 11.6. The van der Waals surface area contributed by atoms with E-state index in [1.807, 2.05) is 24.3 Å². The van der Waals surface area contributed by atoms with E-state index >= 15 is 0 Å². The van der Waals surface area contributed by atoms with Crippen LogP contribution in [0.5, 0.6) is 0 Å². The zero-order valence-electron chi connectivity index (χ0n) is 10.8. The van der Waals surface area contributed by atoms with Crippen molar-refractivity contribution >= 4 is 17.4 Å². The minimum Gasteiger partial charge on any atom is -0.299 e. The van der Waals surface area contributed by atoms with Crippen LogP contribution >= 0.6 is 11.6 Å². The van der Waals surface area contributed by atoms with Gasteiger partial charge in [-0.3, -0.25) is 4.79 Å². The molecular formula is C16H21ClO. The van der Waals surface area contributed by atoms with Crippen LogP contribution in [-0.2, 0) is 11.2 Å². The van der Waals surface area contributed by atoms with Crippen molar-refractivity contribution in [3.63, 3.8) is 0 Å². The largest absolute Gasteiger partial charge is 0.299 e. The van der Waals surface area contributed by atoms with Crippen molar-refractivity contribution in [2.24, 2.45) is 5.92 Å². The highest BCUT2D eigenvalue weighted by Crippen LogP contribution is 2.26. The predicted octanol–water partition coefficient (Wildman–Crippen LogP) is 4.81. The SMILES string of the molecule is O=C(Cc1cccc(Cl)c1)CC1CCCCCC1. The molecule has 1 fully saturated rings. The molecule has 0 spiro atoms. The molecule has 1 aromatic carbocycles. The van der Waals surface area contributed by atoms with Gasteiger partial charge in [0, 0.05) is 17.9 Å². The maximum Gasteiger partial charge on any atom is 0.137 e. The highest BCUT2D eigenvalue weighted by molar-refractivity contribution is 6.30. The average molecular weight is 265 g/mol. The molecule has 18 heavy (non-hydrogen) atoms. The van der Waals surface area contributed by atoms with Gasteiger partial charge in [-0.25, -0.2) is 0 Å². The van der Waals surface area contributed by atoms with Crippen molar-refractivity contribution in [2.45, 2.75) is 51.4 Å². The van der Waals surface area contributed by atoms with E-state index < -0.39 is 0 Å². The summed E-state index contributed by atoms with van der Waals surface area (Å²) in [5.74, 6) is 0.989. The van der Waals surface area contributed by atoms with E-state index in [1.165, 1.54) is 38.5 Å². The summed E-state index contributed by atoms with van der Waals surface area (Å²) in [5, 5.41) is 0.717. The van der Waals surface area contributed by atoms with Gasteiger partial charge < -0.3 is 0 Å². The van der Waals surface area contributed by atoms with Crippen LogP contribution in [0, 0.1) is 5.92 Å². The van der Waals surface area contributed by atoms with Crippen molar-refractivity contribution in [2.75, 3.05) is 0 Å². The van der Waals surface area contributed by atoms with E-state index in [0.717, 1.165) is 17.0 Å². The summed E-state index contributed by atoms with van der Waals surface area (Å²) >= 11 is 5.93. The first-order valence-electron chi connectivity index (χ1n) is 7.00. The van der Waals surface area contributed by atoms with Gasteiger partial charge >= 0.3 is 0 Å². The Hall–Kier alpha value is -0.820. The molecule has 0 heterocycles. The second-order valence-electron chi connectivity index (χ2n) is 5.41. The van der Waals surface area contributed by atoms with Crippen molar-refractivity contribution in [1.29, 1.82) is 0 Å². The lowest BCUT2D eigenvalue weighted by molar-refractivity contribution is -0.119. The number of hydrogen-bond donors (Lipinski definition) is 0. The third-order valence-corrected chi connectivity index (χ3v) is 4.02. The summed E-state index contributed by atoms with van der Waals surface area (Å²) in [6, 6.07) is 7.64.